The molecule has 2 rings (SSSR count). The van der Waals surface area contributed by atoms with Gasteiger partial charge in [-0.1, -0.05) is 25.7 Å². The van der Waals surface area contributed by atoms with Crippen molar-refractivity contribution in [2.75, 3.05) is 0 Å². The molecule has 2 saturated carbocycles. The summed E-state index contributed by atoms with van der Waals surface area (Å²) < 4.78 is 0. The maximum absolute atomic E-state index is 11.2. The summed E-state index contributed by atoms with van der Waals surface area (Å²) in [7, 11) is 0. The molecule has 2 unspecified atom stereocenters. The molecule has 12 heavy (non-hydrogen) atoms. The van der Waals surface area contributed by atoms with E-state index in [1.165, 1.54) is 19.3 Å². The van der Waals surface area contributed by atoms with Crippen LogP contribution in [0.15, 0.2) is 0 Å². The van der Waals surface area contributed by atoms with Gasteiger partial charge in [0.1, 0.15) is 5.60 Å². The fourth-order valence-electron chi connectivity index (χ4n) is 2.49. The Hall–Kier alpha value is -0.370. The summed E-state index contributed by atoms with van der Waals surface area (Å²) in [6, 6.07) is 0. The highest BCUT2D eigenvalue weighted by molar-refractivity contribution is 5.93. The molecule has 68 valence electrons. The van der Waals surface area contributed by atoms with Crippen LogP contribution < -0.4 is 0 Å². The van der Waals surface area contributed by atoms with Gasteiger partial charge in [0, 0.05) is 12.3 Å². The zero-order chi connectivity index (χ0) is 8.60. The Morgan fingerprint density at radius 2 is 2.00 bits per heavy atom. The van der Waals surface area contributed by atoms with Crippen LogP contribution in [0.4, 0.5) is 0 Å². The van der Waals surface area contributed by atoms with Gasteiger partial charge in [0.2, 0.25) is 0 Å². The van der Waals surface area contributed by atoms with Crippen LogP contribution >= 0.6 is 0 Å². The Kier molecular flexibility index (Phi) is 1.95. The van der Waals surface area contributed by atoms with Crippen LogP contribution in [-0.4, -0.2) is 16.5 Å². The van der Waals surface area contributed by atoms with E-state index in [0.29, 0.717) is 12.3 Å². The molecule has 2 nitrogen and oxygen atoms in total. The van der Waals surface area contributed by atoms with E-state index in [1.54, 1.807) is 0 Å². The van der Waals surface area contributed by atoms with Gasteiger partial charge in [-0.05, 0) is 12.8 Å². The van der Waals surface area contributed by atoms with Crippen LogP contribution in [0.5, 0.6) is 0 Å². The lowest BCUT2D eigenvalue weighted by molar-refractivity contribution is -0.165. The standard InChI is InChI=1S/C10H16O2/c11-9-7-8-5-3-1-2-4-6-10(8,9)12/h8,12H,1-7H2. The molecule has 0 aromatic rings. The maximum atomic E-state index is 11.2. The smallest absolute Gasteiger partial charge is 0.165 e. The van der Waals surface area contributed by atoms with Crippen molar-refractivity contribution >= 4 is 5.78 Å². The second-order valence-corrected chi connectivity index (χ2v) is 4.20. The predicted octanol–water partition coefficient (Wildman–Crippen LogP) is 1.66. The summed E-state index contributed by atoms with van der Waals surface area (Å²) >= 11 is 0. The summed E-state index contributed by atoms with van der Waals surface area (Å²) in [5.74, 6) is 0.389. The van der Waals surface area contributed by atoms with E-state index in [9.17, 15) is 9.90 Å². The fraction of sp³-hybridized carbons (Fsp3) is 0.900. The predicted molar refractivity (Wildman–Crippen MR) is 45.8 cm³/mol. The van der Waals surface area contributed by atoms with Gasteiger partial charge in [-0.15, -0.1) is 0 Å². The van der Waals surface area contributed by atoms with Crippen molar-refractivity contribution in [1.82, 2.24) is 0 Å². The number of carbonyl (C=O) groups is 1. The minimum Gasteiger partial charge on any atom is -0.382 e. The molecule has 0 radical (unpaired) electrons. The number of rotatable bonds is 0. The SMILES string of the molecule is O=C1CC2CCCCCCC12O. The summed E-state index contributed by atoms with van der Waals surface area (Å²) in [5, 5.41) is 9.95. The Bertz CT molecular complexity index is 200. The quantitative estimate of drug-likeness (QED) is 0.597. The highest BCUT2D eigenvalue weighted by Crippen LogP contribution is 2.43. The summed E-state index contributed by atoms with van der Waals surface area (Å²) in [5.41, 5.74) is -0.888. The van der Waals surface area contributed by atoms with E-state index in [0.717, 1.165) is 19.3 Å². The fourth-order valence-corrected chi connectivity index (χ4v) is 2.49. The van der Waals surface area contributed by atoms with Crippen molar-refractivity contribution in [2.45, 2.75) is 50.5 Å². The van der Waals surface area contributed by atoms with Gasteiger partial charge >= 0.3 is 0 Å². The largest absolute Gasteiger partial charge is 0.382 e. The summed E-state index contributed by atoms with van der Waals surface area (Å²) in [6.07, 6.45) is 7.09. The second-order valence-electron chi connectivity index (χ2n) is 4.20. The zero-order valence-corrected chi connectivity index (χ0v) is 7.38. The van der Waals surface area contributed by atoms with E-state index in [4.69, 9.17) is 0 Å². The zero-order valence-electron chi connectivity index (χ0n) is 7.38. The number of Topliss-reactive ketones (excluding diaryl/α,β-unsaturated/α-hetero) is 1. The van der Waals surface area contributed by atoms with Crippen molar-refractivity contribution in [3.63, 3.8) is 0 Å². The first-order valence-corrected chi connectivity index (χ1v) is 4.99. The molecular weight excluding hydrogens is 152 g/mol. The lowest BCUT2D eigenvalue weighted by Crippen LogP contribution is -2.56. The molecule has 0 spiro atoms. The average molecular weight is 168 g/mol. The minimum atomic E-state index is -0.888. The van der Waals surface area contributed by atoms with Crippen molar-refractivity contribution < 1.29 is 9.90 Å². The van der Waals surface area contributed by atoms with Crippen LogP contribution in [0.3, 0.4) is 0 Å². The van der Waals surface area contributed by atoms with Crippen LogP contribution in [-0.2, 0) is 4.79 Å². The van der Waals surface area contributed by atoms with Gasteiger partial charge < -0.3 is 5.11 Å². The third-order valence-corrected chi connectivity index (χ3v) is 3.45. The van der Waals surface area contributed by atoms with E-state index in [1.807, 2.05) is 0 Å². The Balaban J connectivity index is 2.05. The number of carbonyl (C=O) groups excluding carboxylic acids is 1. The van der Waals surface area contributed by atoms with Gasteiger partial charge in [-0.3, -0.25) is 4.79 Å². The maximum Gasteiger partial charge on any atom is 0.165 e. The molecule has 2 heteroatoms. The van der Waals surface area contributed by atoms with E-state index >= 15 is 0 Å². The molecule has 2 aliphatic carbocycles. The van der Waals surface area contributed by atoms with Gasteiger partial charge in [0.15, 0.2) is 5.78 Å². The number of hydrogen-bond acceptors (Lipinski definition) is 2. The topological polar surface area (TPSA) is 37.3 Å². The second kappa shape index (κ2) is 2.84. The first-order chi connectivity index (χ1) is 5.73. The first kappa shape index (κ1) is 8.24. The van der Waals surface area contributed by atoms with Crippen molar-refractivity contribution in [3.8, 4) is 0 Å². The van der Waals surface area contributed by atoms with Crippen LogP contribution in [0.25, 0.3) is 0 Å². The molecule has 0 aromatic carbocycles. The number of ketones is 1. The van der Waals surface area contributed by atoms with Gasteiger partial charge in [0.05, 0.1) is 0 Å². The van der Waals surface area contributed by atoms with Gasteiger partial charge in [0.25, 0.3) is 0 Å². The third kappa shape index (κ3) is 1.09. The number of fused-ring (bicyclic) bond motifs is 1. The molecule has 1 N–H and O–H groups in total. The Morgan fingerprint density at radius 1 is 1.25 bits per heavy atom. The molecule has 0 amide bonds. The molecule has 0 saturated heterocycles. The summed E-state index contributed by atoms with van der Waals surface area (Å²) in [6.45, 7) is 0. The van der Waals surface area contributed by atoms with E-state index in [2.05, 4.69) is 0 Å². The summed E-state index contributed by atoms with van der Waals surface area (Å²) in [4.78, 5) is 11.2. The highest BCUT2D eigenvalue weighted by Gasteiger charge is 2.52. The monoisotopic (exact) mass is 168 g/mol. The van der Waals surface area contributed by atoms with Crippen LogP contribution in [0.1, 0.15) is 44.9 Å². The van der Waals surface area contributed by atoms with Crippen LogP contribution in [0.2, 0.25) is 0 Å². The van der Waals surface area contributed by atoms with Gasteiger partial charge in [-0.25, -0.2) is 0 Å². The lowest BCUT2D eigenvalue weighted by Gasteiger charge is -2.45. The molecule has 0 aromatic heterocycles. The third-order valence-electron chi connectivity index (χ3n) is 3.45. The molecule has 0 aliphatic heterocycles. The van der Waals surface area contributed by atoms with E-state index < -0.39 is 5.60 Å². The van der Waals surface area contributed by atoms with Crippen molar-refractivity contribution in [1.29, 1.82) is 0 Å². The Morgan fingerprint density at radius 3 is 2.75 bits per heavy atom. The Labute approximate surface area is 73.0 Å². The van der Waals surface area contributed by atoms with Crippen LogP contribution in [0, 0.1) is 5.92 Å². The molecule has 0 bridgehead atoms. The first-order valence-electron chi connectivity index (χ1n) is 4.99. The minimum absolute atomic E-state index is 0.0920. The molecule has 2 atom stereocenters. The van der Waals surface area contributed by atoms with Gasteiger partial charge in [-0.2, -0.15) is 0 Å². The average Bonchev–Trinajstić information content (AvgIpc) is 2.06. The molecule has 2 fully saturated rings. The molecule has 2 aliphatic rings. The van der Waals surface area contributed by atoms with E-state index in [-0.39, 0.29) is 5.78 Å². The van der Waals surface area contributed by atoms with Crippen molar-refractivity contribution in [3.05, 3.63) is 0 Å². The van der Waals surface area contributed by atoms with Crippen molar-refractivity contribution in [2.24, 2.45) is 5.92 Å². The molecule has 0 heterocycles. The highest BCUT2D eigenvalue weighted by atomic mass is 16.3. The molecular formula is C10H16O2. The number of aliphatic hydroxyl groups is 1. The number of hydrogen-bond donors (Lipinski definition) is 1. The normalized spacial score (nSPS) is 42.4. The lowest BCUT2D eigenvalue weighted by atomic mass is 9.63.